The summed E-state index contributed by atoms with van der Waals surface area (Å²) in [6.07, 6.45) is 0. The molecule has 0 unspecified atom stereocenters. The molecule has 1 amide bonds. The highest BCUT2D eigenvalue weighted by Crippen LogP contribution is 2.29. The predicted octanol–water partition coefficient (Wildman–Crippen LogP) is 1.17. The maximum absolute atomic E-state index is 11.6. The first-order chi connectivity index (χ1) is 6.49. The van der Waals surface area contributed by atoms with Crippen LogP contribution in [0.15, 0.2) is 27.6 Å². The monoisotopic (exact) mass is 275 g/mol. The van der Waals surface area contributed by atoms with Crippen molar-refractivity contribution in [3.8, 4) is 0 Å². The van der Waals surface area contributed by atoms with Gasteiger partial charge in [-0.15, -0.1) is 0 Å². The van der Waals surface area contributed by atoms with Crippen molar-refractivity contribution >= 4 is 37.4 Å². The zero-order chi connectivity index (χ0) is 10.3. The Balaban J connectivity index is 2.71. The Hall–Kier alpha value is -0.880. The summed E-state index contributed by atoms with van der Waals surface area (Å²) in [4.78, 5) is 11.2. The fourth-order valence-electron chi connectivity index (χ4n) is 1.29. The molecule has 0 radical (unpaired) electrons. The average Bonchev–Trinajstić information content (AvgIpc) is 2.05. The molecular formula is C8H6BrNO3S. The minimum absolute atomic E-state index is 0.173. The Morgan fingerprint density at radius 2 is 2.07 bits per heavy atom. The van der Waals surface area contributed by atoms with Crippen molar-refractivity contribution < 1.29 is 13.2 Å². The van der Waals surface area contributed by atoms with Crippen LogP contribution in [0.5, 0.6) is 0 Å². The second kappa shape index (κ2) is 3.06. The van der Waals surface area contributed by atoms with Gasteiger partial charge >= 0.3 is 0 Å². The van der Waals surface area contributed by atoms with E-state index < -0.39 is 21.5 Å². The Labute approximate surface area is 89.4 Å². The van der Waals surface area contributed by atoms with Gasteiger partial charge in [0.2, 0.25) is 5.91 Å². The third kappa shape index (κ3) is 1.55. The molecule has 1 aromatic carbocycles. The van der Waals surface area contributed by atoms with Crippen molar-refractivity contribution in [3.05, 3.63) is 22.7 Å². The summed E-state index contributed by atoms with van der Waals surface area (Å²) >= 11 is 3.18. The normalized spacial score (nSPS) is 18.5. The van der Waals surface area contributed by atoms with Crippen LogP contribution < -0.4 is 5.32 Å². The predicted molar refractivity (Wildman–Crippen MR) is 54.8 cm³/mol. The van der Waals surface area contributed by atoms with E-state index in [2.05, 4.69) is 21.2 Å². The van der Waals surface area contributed by atoms with E-state index in [-0.39, 0.29) is 4.90 Å². The zero-order valence-electron chi connectivity index (χ0n) is 6.95. The van der Waals surface area contributed by atoms with Gasteiger partial charge in [0.25, 0.3) is 0 Å². The summed E-state index contributed by atoms with van der Waals surface area (Å²) in [5.74, 6) is -0.962. The van der Waals surface area contributed by atoms with Gasteiger partial charge in [0.15, 0.2) is 9.84 Å². The highest BCUT2D eigenvalue weighted by Gasteiger charge is 2.28. The third-order valence-corrected chi connectivity index (χ3v) is 4.02. The Kier molecular flexibility index (Phi) is 2.11. The zero-order valence-corrected chi connectivity index (χ0v) is 9.35. The molecule has 0 spiro atoms. The van der Waals surface area contributed by atoms with Gasteiger partial charge in [-0.25, -0.2) is 8.42 Å². The molecule has 2 rings (SSSR count). The van der Waals surface area contributed by atoms with Gasteiger partial charge in [-0.3, -0.25) is 4.79 Å². The van der Waals surface area contributed by atoms with Gasteiger partial charge in [0.1, 0.15) is 5.75 Å². The van der Waals surface area contributed by atoms with Crippen LogP contribution >= 0.6 is 15.9 Å². The van der Waals surface area contributed by atoms with Gasteiger partial charge in [0, 0.05) is 4.47 Å². The van der Waals surface area contributed by atoms with Gasteiger partial charge < -0.3 is 5.32 Å². The number of sulfone groups is 1. The molecule has 14 heavy (non-hydrogen) atoms. The van der Waals surface area contributed by atoms with E-state index >= 15 is 0 Å². The molecular weight excluding hydrogens is 270 g/mol. The third-order valence-electron chi connectivity index (χ3n) is 1.87. The topological polar surface area (TPSA) is 63.2 Å². The van der Waals surface area contributed by atoms with Crippen molar-refractivity contribution in [2.75, 3.05) is 11.1 Å². The van der Waals surface area contributed by atoms with Gasteiger partial charge in [-0.1, -0.05) is 15.9 Å². The molecule has 0 aromatic heterocycles. The summed E-state index contributed by atoms with van der Waals surface area (Å²) in [5.41, 5.74) is 0.351. The Morgan fingerprint density at radius 1 is 1.36 bits per heavy atom. The van der Waals surface area contributed by atoms with E-state index in [1.807, 2.05) is 0 Å². The summed E-state index contributed by atoms with van der Waals surface area (Å²) in [6, 6.07) is 4.73. The van der Waals surface area contributed by atoms with Crippen LogP contribution in [-0.4, -0.2) is 20.1 Å². The SMILES string of the molecule is O=C1CS(=O)(=O)c2cc(Br)ccc2N1. The summed E-state index contributed by atoms with van der Waals surface area (Å²) in [6.45, 7) is 0. The second-order valence-electron chi connectivity index (χ2n) is 2.95. The van der Waals surface area contributed by atoms with Crippen LogP contribution in [0.25, 0.3) is 0 Å². The number of nitrogens with one attached hydrogen (secondary N) is 1. The lowest BCUT2D eigenvalue weighted by molar-refractivity contribution is -0.114. The van der Waals surface area contributed by atoms with Crippen molar-refractivity contribution in [2.45, 2.75) is 4.90 Å². The van der Waals surface area contributed by atoms with Gasteiger partial charge in [-0.05, 0) is 18.2 Å². The van der Waals surface area contributed by atoms with Crippen LogP contribution in [0.1, 0.15) is 0 Å². The number of carbonyl (C=O) groups is 1. The second-order valence-corrected chi connectivity index (χ2v) is 5.82. The van der Waals surface area contributed by atoms with Gasteiger partial charge in [0.05, 0.1) is 10.6 Å². The highest BCUT2D eigenvalue weighted by atomic mass is 79.9. The minimum Gasteiger partial charge on any atom is -0.324 e. The number of anilines is 1. The number of rotatable bonds is 0. The molecule has 0 atom stereocenters. The fourth-order valence-corrected chi connectivity index (χ4v) is 3.14. The molecule has 0 fully saturated rings. The molecule has 0 aliphatic carbocycles. The van der Waals surface area contributed by atoms with Gasteiger partial charge in [-0.2, -0.15) is 0 Å². The first kappa shape index (κ1) is 9.67. The van der Waals surface area contributed by atoms with Crippen molar-refractivity contribution in [2.24, 2.45) is 0 Å². The Bertz CT molecular complexity index is 509. The number of carbonyl (C=O) groups excluding carboxylic acids is 1. The number of amides is 1. The molecule has 0 saturated heterocycles. The lowest BCUT2D eigenvalue weighted by atomic mass is 10.3. The maximum atomic E-state index is 11.6. The van der Waals surface area contributed by atoms with E-state index in [4.69, 9.17) is 0 Å². The first-order valence-corrected chi connectivity index (χ1v) is 6.26. The highest BCUT2D eigenvalue weighted by molar-refractivity contribution is 9.10. The largest absolute Gasteiger partial charge is 0.324 e. The first-order valence-electron chi connectivity index (χ1n) is 3.81. The summed E-state index contributed by atoms with van der Waals surface area (Å²) in [5, 5.41) is 2.50. The molecule has 0 bridgehead atoms. The van der Waals surface area contributed by atoms with Crippen molar-refractivity contribution in [1.29, 1.82) is 0 Å². The lowest BCUT2D eigenvalue weighted by Crippen LogP contribution is -2.29. The molecule has 4 nitrogen and oxygen atoms in total. The molecule has 0 saturated carbocycles. The molecule has 1 aromatic rings. The number of fused-ring (bicyclic) bond motifs is 1. The van der Waals surface area contributed by atoms with E-state index in [0.717, 1.165) is 0 Å². The number of halogens is 1. The standard InChI is InChI=1S/C8H6BrNO3S/c9-5-1-2-6-7(3-5)14(12,13)4-8(11)10-6/h1-3H,4H2,(H,10,11). The molecule has 1 aliphatic heterocycles. The molecule has 74 valence electrons. The van der Waals surface area contributed by atoms with E-state index in [0.29, 0.717) is 10.2 Å². The lowest BCUT2D eigenvalue weighted by Gasteiger charge is -2.16. The number of benzene rings is 1. The smallest absolute Gasteiger partial charge is 0.239 e. The van der Waals surface area contributed by atoms with Crippen LogP contribution in [-0.2, 0) is 14.6 Å². The average molecular weight is 276 g/mol. The minimum atomic E-state index is -3.46. The van der Waals surface area contributed by atoms with Crippen LogP contribution in [0.4, 0.5) is 5.69 Å². The van der Waals surface area contributed by atoms with Crippen LogP contribution in [0, 0.1) is 0 Å². The number of hydrogen-bond donors (Lipinski definition) is 1. The van der Waals surface area contributed by atoms with E-state index in [9.17, 15) is 13.2 Å². The van der Waals surface area contributed by atoms with E-state index in [1.165, 1.54) is 6.07 Å². The molecule has 1 heterocycles. The quantitative estimate of drug-likeness (QED) is 0.773. The van der Waals surface area contributed by atoms with Crippen LogP contribution in [0.2, 0.25) is 0 Å². The van der Waals surface area contributed by atoms with E-state index in [1.54, 1.807) is 12.1 Å². The molecule has 1 aliphatic rings. The Morgan fingerprint density at radius 3 is 2.79 bits per heavy atom. The summed E-state index contributed by atoms with van der Waals surface area (Å²) < 4.78 is 23.8. The van der Waals surface area contributed by atoms with Crippen molar-refractivity contribution in [3.63, 3.8) is 0 Å². The molecule has 1 N–H and O–H groups in total. The summed E-state index contributed by atoms with van der Waals surface area (Å²) in [7, 11) is -3.46. The van der Waals surface area contributed by atoms with Crippen molar-refractivity contribution in [1.82, 2.24) is 0 Å². The number of hydrogen-bond acceptors (Lipinski definition) is 3. The molecule has 6 heteroatoms. The fraction of sp³-hybridized carbons (Fsp3) is 0.125. The maximum Gasteiger partial charge on any atom is 0.239 e. The van der Waals surface area contributed by atoms with Crippen LogP contribution in [0.3, 0.4) is 0 Å².